The Morgan fingerprint density at radius 1 is 1.20 bits per heavy atom. The molecule has 1 heterocycles. The van der Waals surface area contributed by atoms with Gasteiger partial charge in [0, 0.05) is 0 Å². The van der Waals surface area contributed by atoms with Gasteiger partial charge in [-0.1, -0.05) is 13.8 Å². The van der Waals surface area contributed by atoms with Gasteiger partial charge in [-0.15, -0.1) is 0 Å². The van der Waals surface area contributed by atoms with Crippen LogP contribution in [-0.4, -0.2) is 12.3 Å². The van der Waals surface area contributed by atoms with Crippen molar-refractivity contribution in [3.05, 3.63) is 23.7 Å². The van der Waals surface area contributed by atoms with E-state index in [1.54, 1.807) is 0 Å². The first kappa shape index (κ1) is 12.7. The molecule has 0 aliphatic carbocycles. The van der Waals surface area contributed by atoms with E-state index in [9.17, 15) is 0 Å². The molecule has 1 N–H and O–H groups in total. The molecule has 0 saturated heterocycles. The lowest BCUT2D eigenvalue weighted by Gasteiger charge is -1.99. The fraction of sp³-hybridized carbons (Fsp3) is 0.667. The van der Waals surface area contributed by atoms with Crippen LogP contribution in [-0.2, 0) is 12.3 Å². The summed E-state index contributed by atoms with van der Waals surface area (Å²) in [6, 6.07) is 4.16. The maximum Gasteiger partial charge on any atom is 0.117 e. The Balaban J connectivity index is 2.23. The summed E-state index contributed by atoms with van der Waals surface area (Å²) in [5.41, 5.74) is 0. The highest BCUT2D eigenvalue weighted by Gasteiger charge is 2.01. The van der Waals surface area contributed by atoms with Crippen LogP contribution in [0.3, 0.4) is 0 Å². The van der Waals surface area contributed by atoms with Crippen LogP contribution in [0.15, 0.2) is 16.5 Å². The third kappa shape index (κ3) is 5.28. The van der Waals surface area contributed by atoms with E-state index >= 15 is 0 Å². The Hall–Kier alpha value is -0.410. The normalized spacial score (nSPS) is 10.8. The second-order valence-electron chi connectivity index (χ2n) is 3.60. The molecule has 86 valence electrons. The van der Waals surface area contributed by atoms with Gasteiger partial charge in [-0.25, -0.2) is 0 Å². The van der Waals surface area contributed by atoms with E-state index in [2.05, 4.69) is 31.3 Å². The van der Waals surface area contributed by atoms with Crippen LogP contribution >= 0.6 is 11.8 Å². The van der Waals surface area contributed by atoms with E-state index in [1.807, 2.05) is 11.8 Å². The van der Waals surface area contributed by atoms with Crippen molar-refractivity contribution < 1.29 is 4.42 Å². The average Bonchev–Trinajstić information content (AvgIpc) is 2.67. The van der Waals surface area contributed by atoms with Gasteiger partial charge in [0.05, 0.1) is 12.3 Å². The second kappa shape index (κ2) is 7.83. The van der Waals surface area contributed by atoms with Crippen LogP contribution in [0, 0.1) is 0 Å². The first-order valence-electron chi connectivity index (χ1n) is 5.72. The number of furan rings is 1. The molecule has 0 amide bonds. The molecule has 1 aromatic heterocycles. The van der Waals surface area contributed by atoms with Crippen molar-refractivity contribution in [1.29, 1.82) is 0 Å². The summed E-state index contributed by atoms with van der Waals surface area (Å²) in [6.45, 7) is 6.28. The first-order valence-corrected chi connectivity index (χ1v) is 6.88. The lowest BCUT2D eigenvalue weighted by Crippen LogP contribution is -2.12. The number of hydrogen-bond donors (Lipinski definition) is 1. The minimum Gasteiger partial charge on any atom is -0.464 e. The van der Waals surface area contributed by atoms with Gasteiger partial charge in [-0.3, -0.25) is 0 Å². The van der Waals surface area contributed by atoms with Crippen molar-refractivity contribution in [2.75, 3.05) is 12.3 Å². The summed E-state index contributed by atoms with van der Waals surface area (Å²) in [6.07, 6.45) is 2.40. The number of nitrogens with one attached hydrogen (secondary N) is 1. The van der Waals surface area contributed by atoms with Gasteiger partial charge < -0.3 is 9.73 Å². The minimum atomic E-state index is 0.853. The molecule has 0 atom stereocenters. The van der Waals surface area contributed by atoms with Crippen LogP contribution < -0.4 is 5.32 Å². The zero-order valence-electron chi connectivity index (χ0n) is 9.71. The largest absolute Gasteiger partial charge is 0.464 e. The standard InChI is InChI=1S/C12H21NOS/c1-3-7-13-9-11-5-6-12(14-11)10-15-8-4-2/h5-6,13H,3-4,7-10H2,1-2H3. The zero-order valence-corrected chi connectivity index (χ0v) is 10.5. The van der Waals surface area contributed by atoms with Crippen molar-refractivity contribution in [2.24, 2.45) is 0 Å². The van der Waals surface area contributed by atoms with Crippen LogP contribution in [0.2, 0.25) is 0 Å². The molecule has 1 rings (SSSR count). The van der Waals surface area contributed by atoms with Gasteiger partial charge in [0.1, 0.15) is 11.5 Å². The van der Waals surface area contributed by atoms with Gasteiger partial charge in [0.15, 0.2) is 0 Å². The van der Waals surface area contributed by atoms with E-state index in [-0.39, 0.29) is 0 Å². The summed E-state index contributed by atoms with van der Waals surface area (Å²) in [7, 11) is 0. The number of hydrogen-bond acceptors (Lipinski definition) is 3. The molecular formula is C12H21NOS. The zero-order chi connectivity index (χ0) is 10.9. The highest BCUT2D eigenvalue weighted by atomic mass is 32.2. The predicted octanol–water partition coefficient (Wildman–Crippen LogP) is 3.42. The Morgan fingerprint density at radius 2 is 2.00 bits per heavy atom. The monoisotopic (exact) mass is 227 g/mol. The van der Waals surface area contributed by atoms with Crippen LogP contribution in [0.4, 0.5) is 0 Å². The molecule has 0 aliphatic rings. The second-order valence-corrected chi connectivity index (χ2v) is 4.70. The van der Waals surface area contributed by atoms with E-state index < -0.39 is 0 Å². The maximum atomic E-state index is 5.69. The molecular weight excluding hydrogens is 206 g/mol. The first-order chi connectivity index (χ1) is 7.36. The Kier molecular flexibility index (Phi) is 6.60. The van der Waals surface area contributed by atoms with E-state index in [4.69, 9.17) is 4.42 Å². The third-order valence-corrected chi connectivity index (χ3v) is 3.22. The molecule has 1 aromatic rings. The molecule has 0 spiro atoms. The van der Waals surface area contributed by atoms with Crippen molar-refractivity contribution in [3.8, 4) is 0 Å². The van der Waals surface area contributed by atoms with Crippen LogP contribution in [0.1, 0.15) is 38.2 Å². The molecule has 3 heteroatoms. The van der Waals surface area contributed by atoms with Gasteiger partial charge in [-0.2, -0.15) is 11.8 Å². The van der Waals surface area contributed by atoms with Crippen LogP contribution in [0.5, 0.6) is 0 Å². The molecule has 0 aliphatic heterocycles. The fourth-order valence-electron chi connectivity index (χ4n) is 1.30. The maximum absolute atomic E-state index is 5.69. The van der Waals surface area contributed by atoms with Crippen molar-refractivity contribution in [2.45, 2.75) is 39.0 Å². The van der Waals surface area contributed by atoms with E-state index in [0.29, 0.717) is 0 Å². The van der Waals surface area contributed by atoms with Crippen molar-refractivity contribution >= 4 is 11.8 Å². The number of rotatable bonds is 8. The number of thioether (sulfide) groups is 1. The molecule has 0 saturated carbocycles. The highest BCUT2D eigenvalue weighted by Crippen LogP contribution is 2.15. The highest BCUT2D eigenvalue weighted by molar-refractivity contribution is 7.98. The lowest BCUT2D eigenvalue weighted by molar-refractivity contribution is 0.459. The predicted molar refractivity (Wildman–Crippen MR) is 67.2 cm³/mol. The van der Waals surface area contributed by atoms with Crippen molar-refractivity contribution in [1.82, 2.24) is 5.32 Å². The summed E-state index contributed by atoms with van der Waals surface area (Å²) in [4.78, 5) is 0. The van der Waals surface area contributed by atoms with Crippen molar-refractivity contribution in [3.63, 3.8) is 0 Å². The summed E-state index contributed by atoms with van der Waals surface area (Å²) >= 11 is 1.93. The molecule has 0 radical (unpaired) electrons. The van der Waals surface area contributed by atoms with Gasteiger partial charge in [0.25, 0.3) is 0 Å². The fourth-order valence-corrected chi connectivity index (χ4v) is 2.09. The smallest absolute Gasteiger partial charge is 0.117 e. The third-order valence-electron chi connectivity index (χ3n) is 2.04. The Morgan fingerprint density at radius 3 is 2.73 bits per heavy atom. The van der Waals surface area contributed by atoms with Gasteiger partial charge >= 0.3 is 0 Å². The van der Waals surface area contributed by atoms with Gasteiger partial charge in [0.2, 0.25) is 0 Å². The summed E-state index contributed by atoms with van der Waals surface area (Å²) in [5, 5.41) is 3.33. The topological polar surface area (TPSA) is 25.2 Å². The van der Waals surface area contributed by atoms with E-state index in [0.717, 1.165) is 30.4 Å². The molecule has 0 bridgehead atoms. The van der Waals surface area contributed by atoms with E-state index in [1.165, 1.54) is 18.6 Å². The summed E-state index contributed by atoms with van der Waals surface area (Å²) in [5.74, 6) is 4.36. The molecule has 2 nitrogen and oxygen atoms in total. The molecule has 15 heavy (non-hydrogen) atoms. The summed E-state index contributed by atoms with van der Waals surface area (Å²) < 4.78 is 5.69. The average molecular weight is 227 g/mol. The lowest BCUT2D eigenvalue weighted by atomic mass is 10.4. The minimum absolute atomic E-state index is 0.853. The molecule has 0 unspecified atom stereocenters. The Bertz CT molecular complexity index is 235. The SMILES string of the molecule is CCCNCc1ccc(CSCCC)o1. The molecule has 0 fully saturated rings. The Labute approximate surface area is 96.8 Å². The van der Waals surface area contributed by atoms with Crippen LogP contribution in [0.25, 0.3) is 0 Å². The van der Waals surface area contributed by atoms with Gasteiger partial charge in [-0.05, 0) is 37.3 Å². The quantitative estimate of drug-likeness (QED) is 0.689. The molecule has 0 aromatic carbocycles.